The summed E-state index contributed by atoms with van der Waals surface area (Å²) in [6.07, 6.45) is 4.67. The molecule has 1 aliphatic rings. The van der Waals surface area contributed by atoms with Crippen molar-refractivity contribution in [3.63, 3.8) is 0 Å². The van der Waals surface area contributed by atoms with Crippen LogP contribution in [0, 0.1) is 12.8 Å². The van der Waals surface area contributed by atoms with Crippen molar-refractivity contribution in [1.82, 2.24) is 4.90 Å². The van der Waals surface area contributed by atoms with Gasteiger partial charge < -0.3 is 19.7 Å². The number of nitrogens with one attached hydrogen (secondary N) is 1. The minimum absolute atomic E-state index is 0.147. The fourth-order valence-electron chi connectivity index (χ4n) is 3.21. The van der Waals surface area contributed by atoms with Crippen molar-refractivity contribution in [3.05, 3.63) is 16.0 Å². The first kappa shape index (κ1) is 22.9. The zero-order valence-electron chi connectivity index (χ0n) is 17.3. The Morgan fingerprint density at radius 2 is 1.76 bits per heavy atom. The summed E-state index contributed by atoms with van der Waals surface area (Å²) in [7, 11) is 3.21. The molecule has 0 aliphatic heterocycles. The highest BCUT2D eigenvalue weighted by molar-refractivity contribution is 7.18. The number of rotatable bonds is 7. The van der Waals surface area contributed by atoms with Crippen molar-refractivity contribution in [2.24, 2.45) is 5.92 Å². The molecule has 0 saturated heterocycles. The summed E-state index contributed by atoms with van der Waals surface area (Å²) in [5.41, 5.74) is 0.593. The van der Waals surface area contributed by atoms with Crippen LogP contribution in [0.4, 0.5) is 5.00 Å². The number of carbonyl (C=O) groups excluding carboxylic acids is 4. The zero-order valence-corrected chi connectivity index (χ0v) is 18.1. The quantitative estimate of drug-likeness (QED) is 0.675. The fourth-order valence-corrected chi connectivity index (χ4v) is 4.45. The molecule has 1 saturated carbocycles. The molecule has 2 rings (SSSR count). The minimum atomic E-state index is -0.617. The third-order valence-electron chi connectivity index (χ3n) is 4.76. The van der Waals surface area contributed by atoms with Gasteiger partial charge in [0.1, 0.15) is 5.00 Å². The van der Waals surface area contributed by atoms with Gasteiger partial charge in [0.2, 0.25) is 0 Å². The van der Waals surface area contributed by atoms with Gasteiger partial charge in [-0.15, -0.1) is 11.3 Å². The molecule has 1 aromatic heterocycles. The highest BCUT2D eigenvalue weighted by Gasteiger charge is 2.28. The third-order valence-corrected chi connectivity index (χ3v) is 5.96. The Bertz CT molecular complexity index is 780. The van der Waals surface area contributed by atoms with Crippen LogP contribution >= 0.6 is 11.3 Å². The van der Waals surface area contributed by atoms with Crippen LogP contribution in [-0.2, 0) is 19.1 Å². The fraction of sp³-hybridized carbons (Fsp3) is 0.600. The summed E-state index contributed by atoms with van der Waals surface area (Å²) >= 11 is 1.00. The molecule has 0 bridgehead atoms. The van der Waals surface area contributed by atoms with Gasteiger partial charge in [-0.25, -0.2) is 4.79 Å². The van der Waals surface area contributed by atoms with Gasteiger partial charge in [-0.05, 0) is 32.3 Å². The first-order chi connectivity index (χ1) is 13.8. The van der Waals surface area contributed by atoms with Gasteiger partial charge in [-0.3, -0.25) is 14.4 Å². The molecule has 29 heavy (non-hydrogen) atoms. The molecule has 8 nitrogen and oxygen atoms in total. The maximum atomic E-state index is 12.4. The predicted molar refractivity (Wildman–Crippen MR) is 109 cm³/mol. The summed E-state index contributed by atoms with van der Waals surface area (Å²) in [5, 5.41) is 2.81. The topological polar surface area (TPSA) is 102 Å². The largest absolute Gasteiger partial charge is 0.462 e. The monoisotopic (exact) mass is 424 g/mol. The van der Waals surface area contributed by atoms with Crippen LogP contribution < -0.4 is 5.32 Å². The second-order valence-corrected chi connectivity index (χ2v) is 8.19. The van der Waals surface area contributed by atoms with Gasteiger partial charge in [0.05, 0.1) is 23.0 Å². The summed E-state index contributed by atoms with van der Waals surface area (Å²) in [6, 6.07) is 0. The molecule has 1 aliphatic carbocycles. The Kier molecular flexibility index (Phi) is 8.19. The number of ether oxygens (including phenoxy) is 2. The second-order valence-electron chi connectivity index (χ2n) is 7.17. The van der Waals surface area contributed by atoms with Crippen LogP contribution in [-0.4, -0.2) is 56.0 Å². The van der Waals surface area contributed by atoms with E-state index < -0.39 is 18.5 Å². The van der Waals surface area contributed by atoms with Gasteiger partial charge >= 0.3 is 11.9 Å². The zero-order chi connectivity index (χ0) is 21.6. The lowest BCUT2D eigenvalue weighted by molar-refractivity contribution is -0.152. The van der Waals surface area contributed by atoms with Crippen LogP contribution in [0.3, 0.4) is 0 Å². The Hall–Kier alpha value is -2.42. The molecule has 1 fully saturated rings. The molecular weight excluding hydrogens is 396 g/mol. The predicted octanol–water partition coefficient (Wildman–Crippen LogP) is 3.00. The van der Waals surface area contributed by atoms with Crippen molar-refractivity contribution in [2.75, 3.05) is 32.6 Å². The van der Waals surface area contributed by atoms with Gasteiger partial charge in [-0.2, -0.15) is 0 Å². The lowest BCUT2D eigenvalue weighted by Crippen LogP contribution is -2.26. The van der Waals surface area contributed by atoms with E-state index in [-0.39, 0.29) is 35.0 Å². The number of thiophene rings is 1. The number of amides is 2. The SMILES string of the molecule is CCOC(=O)c1c(NC(=O)COC(=O)C2CCCCC2)sc(C(=O)N(C)C)c1C. The summed E-state index contributed by atoms with van der Waals surface area (Å²) < 4.78 is 10.2. The van der Waals surface area contributed by atoms with Crippen molar-refractivity contribution >= 4 is 40.1 Å². The Labute approximate surface area is 174 Å². The number of esters is 2. The van der Waals surface area contributed by atoms with E-state index in [9.17, 15) is 19.2 Å². The van der Waals surface area contributed by atoms with Gasteiger partial charge in [0, 0.05) is 14.1 Å². The van der Waals surface area contributed by atoms with E-state index in [2.05, 4.69) is 5.32 Å². The molecule has 0 atom stereocenters. The Morgan fingerprint density at radius 1 is 1.10 bits per heavy atom. The third kappa shape index (κ3) is 5.79. The molecule has 0 spiro atoms. The lowest BCUT2D eigenvalue weighted by Gasteiger charge is -2.19. The van der Waals surface area contributed by atoms with E-state index in [0.29, 0.717) is 10.4 Å². The molecule has 2 amide bonds. The minimum Gasteiger partial charge on any atom is -0.462 e. The molecule has 1 N–H and O–H groups in total. The van der Waals surface area contributed by atoms with Crippen LogP contribution in [0.5, 0.6) is 0 Å². The number of anilines is 1. The number of hydrogen-bond acceptors (Lipinski definition) is 7. The smallest absolute Gasteiger partial charge is 0.341 e. The van der Waals surface area contributed by atoms with E-state index in [1.165, 1.54) is 4.90 Å². The van der Waals surface area contributed by atoms with Crippen LogP contribution in [0.1, 0.15) is 64.6 Å². The average molecular weight is 425 g/mol. The molecule has 0 aromatic carbocycles. The van der Waals surface area contributed by atoms with Crippen molar-refractivity contribution < 1.29 is 28.7 Å². The van der Waals surface area contributed by atoms with Gasteiger partial charge in [0.25, 0.3) is 11.8 Å². The van der Waals surface area contributed by atoms with Crippen molar-refractivity contribution in [3.8, 4) is 0 Å². The van der Waals surface area contributed by atoms with E-state index in [0.717, 1.165) is 43.4 Å². The Balaban J connectivity index is 2.11. The van der Waals surface area contributed by atoms with E-state index in [4.69, 9.17) is 9.47 Å². The summed E-state index contributed by atoms with van der Waals surface area (Å²) in [4.78, 5) is 50.9. The lowest BCUT2D eigenvalue weighted by atomic mass is 9.89. The maximum Gasteiger partial charge on any atom is 0.341 e. The normalized spacial score (nSPS) is 14.2. The van der Waals surface area contributed by atoms with Crippen molar-refractivity contribution in [2.45, 2.75) is 46.0 Å². The molecule has 1 heterocycles. The van der Waals surface area contributed by atoms with Crippen LogP contribution in [0.25, 0.3) is 0 Å². The maximum absolute atomic E-state index is 12.4. The molecule has 0 radical (unpaired) electrons. The standard InChI is InChI=1S/C20H28N2O6S/c1-5-27-20(26)15-12(2)16(18(24)22(3)4)29-17(15)21-14(23)11-28-19(25)13-9-7-6-8-10-13/h13H,5-11H2,1-4H3,(H,21,23). The second kappa shape index (κ2) is 10.4. The number of hydrogen-bond donors (Lipinski definition) is 1. The first-order valence-electron chi connectivity index (χ1n) is 9.74. The first-order valence-corrected chi connectivity index (χ1v) is 10.6. The molecule has 9 heteroatoms. The van der Waals surface area contributed by atoms with E-state index in [1.54, 1.807) is 27.9 Å². The van der Waals surface area contributed by atoms with Crippen LogP contribution in [0.2, 0.25) is 0 Å². The summed E-state index contributed by atoms with van der Waals surface area (Å²) in [6.45, 7) is 3.04. The van der Waals surface area contributed by atoms with Crippen LogP contribution in [0.15, 0.2) is 0 Å². The van der Waals surface area contributed by atoms with Gasteiger partial charge in [0.15, 0.2) is 6.61 Å². The number of nitrogens with zero attached hydrogens (tertiary/aromatic N) is 1. The highest BCUT2D eigenvalue weighted by Crippen LogP contribution is 2.34. The van der Waals surface area contributed by atoms with Crippen molar-refractivity contribution in [1.29, 1.82) is 0 Å². The average Bonchev–Trinajstić information content (AvgIpc) is 3.01. The van der Waals surface area contributed by atoms with E-state index >= 15 is 0 Å². The van der Waals surface area contributed by atoms with Gasteiger partial charge in [-0.1, -0.05) is 19.3 Å². The molecule has 0 unspecified atom stereocenters. The summed E-state index contributed by atoms with van der Waals surface area (Å²) in [5.74, 6) is -1.98. The molecule has 1 aromatic rings. The molecular formula is C20H28N2O6S. The number of carbonyl (C=O) groups is 4. The molecule has 160 valence electrons. The van der Waals surface area contributed by atoms with E-state index in [1.807, 2.05) is 0 Å². The highest BCUT2D eigenvalue weighted by atomic mass is 32.1. The Morgan fingerprint density at radius 3 is 2.34 bits per heavy atom.